The predicted molar refractivity (Wildman–Crippen MR) is 99.7 cm³/mol. The van der Waals surface area contributed by atoms with Crippen molar-refractivity contribution in [3.8, 4) is 0 Å². The molecule has 0 aliphatic rings. The van der Waals surface area contributed by atoms with Gasteiger partial charge in [-0.05, 0) is 41.2 Å². The number of nitrogen functional groups attached to an aromatic ring is 1. The maximum Gasteiger partial charge on any atom is 0.150 e. The summed E-state index contributed by atoms with van der Waals surface area (Å²) in [6, 6.07) is 21.8. The second-order valence-corrected chi connectivity index (χ2v) is 6.17. The second-order valence-electron chi connectivity index (χ2n) is 5.76. The Bertz CT molecular complexity index is 845. The van der Waals surface area contributed by atoms with Gasteiger partial charge >= 0.3 is 0 Å². The van der Waals surface area contributed by atoms with E-state index in [4.69, 9.17) is 17.3 Å². The average Bonchev–Trinajstić information content (AvgIpc) is 2.63. The third-order valence-corrected chi connectivity index (χ3v) is 4.46. The van der Waals surface area contributed by atoms with Crippen LogP contribution in [0.3, 0.4) is 0 Å². The first-order valence-corrected chi connectivity index (χ1v) is 8.19. The van der Waals surface area contributed by atoms with Crippen LogP contribution in [0.5, 0.6) is 0 Å². The lowest BCUT2D eigenvalue weighted by atomic mass is 9.90. The number of benzene rings is 3. The van der Waals surface area contributed by atoms with Crippen molar-refractivity contribution in [2.24, 2.45) is 0 Å². The standard InChI is InChI=1S/C21H18ClNO/c22-20-13-17(14-24)18(11-15-7-3-1-4-8-15)19(21(20)23)12-16-9-5-2-6-10-16/h1-10,13-14H,11-12,23H2. The van der Waals surface area contributed by atoms with Gasteiger partial charge in [-0.25, -0.2) is 0 Å². The van der Waals surface area contributed by atoms with Crippen molar-refractivity contribution in [3.05, 3.63) is 99.6 Å². The minimum absolute atomic E-state index is 0.430. The minimum Gasteiger partial charge on any atom is -0.397 e. The highest BCUT2D eigenvalue weighted by Crippen LogP contribution is 2.32. The molecule has 2 nitrogen and oxygen atoms in total. The van der Waals surface area contributed by atoms with E-state index in [1.165, 1.54) is 0 Å². The largest absolute Gasteiger partial charge is 0.397 e. The highest BCUT2D eigenvalue weighted by atomic mass is 35.5. The Morgan fingerprint density at radius 2 is 1.33 bits per heavy atom. The molecule has 3 aromatic carbocycles. The molecule has 0 bridgehead atoms. The lowest BCUT2D eigenvalue weighted by Gasteiger charge is -2.17. The third kappa shape index (κ3) is 3.50. The van der Waals surface area contributed by atoms with Crippen LogP contribution < -0.4 is 5.73 Å². The molecular formula is C21H18ClNO. The number of anilines is 1. The normalized spacial score (nSPS) is 10.5. The van der Waals surface area contributed by atoms with Gasteiger partial charge in [-0.3, -0.25) is 4.79 Å². The van der Waals surface area contributed by atoms with Gasteiger partial charge in [0.05, 0.1) is 10.7 Å². The van der Waals surface area contributed by atoms with Gasteiger partial charge in [-0.1, -0.05) is 72.3 Å². The van der Waals surface area contributed by atoms with E-state index in [-0.39, 0.29) is 0 Å². The van der Waals surface area contributed by atoms with E-state index in [9.17, 15) is 4.79 Å². The summed E-state index contributed by atoms with van der Waals surface area (Å²) in [7, 11) is 0. The van der Waals surface area contributed by atoms with Crippen molar-refractivity contribution in [3.63, 3.8) is 0 Å². The molecule has 0 fully saturated rings. The number of hydrogen-bond donors (Lipinski definition) is 1. The molecular weight excluding hydrogens is 318 g/mol. The molecule has 0 saturated heterocycles. The smallest absolute Gasteiger partial charge is 0.150 e. The van der Waals surface area contributed by atoms with Crippen molar-refractivity contribution in [1.82, 2.24) is 0 Å². The zero-order valence-corrected chi connectivity index (χ0v) is 14.0. The first-order chi connectivity index (χ1) is 11.7. The van der Waals surface area contributed by atoms with Crippen LogP contribution in [0.25, 0.3) is 0 Å². The number of carbonyl (C=O) groups excluding carboxylic acids is 1. The van der Waals surface area contributed by atoms with Crippen LogP contribution in [0.15, 0.2) is 66.7 Å². The summed E-state index contributed by atoms with van der Waals surface area (Å²) in [6.07, 6.45) is 2.16. The van der Waals surface area contributed by atoms with Crippen molar-refractivity contribution >= 4 is 23.6 Å². The van der Waals surface area contributed by atoms with Crippen LogP contribution in [0.1, 0.15) is 32.6 Å². The molecule has 3 aromatic rings. The fraction of sp³-hybridized carbons (Fsp3) is 0.0952. The first kappa shape index (κ1) is 16.3. The molecule has 0 aliphatic heterocycles. The van der Waals surface area contributed by atoms with Crippen molar-refractivity contribution in [2.75, 3.05) is 5.73 Å². The highest BCUT2D eigenvalue weighted by Gasteiger charge is 2.16. The Labute approximate surface area is 146 Å². The van der Waals surface area contributed by atoms with Gasteiger partial charge in [0.1, 0.15) is 6.29 Å². The zero-order chi connectivity index (χ0) is 16.9. The molecule has 0 heterocycles. The Morgan fingerprint density at radius 1 is 0.833 bits per heavy atom. The van der Waals surface area contributed by atoms with Crippen LogP contribution >= 0.6 is 11.6 Å². The summed E-state index contributed by atoms with van der Waals surface area (Å²) in [4.78, 5) is 11.6. The molecule has 0 aliphatic carbocycles. The molecule has 120 valence electrons. The molecule has 3 rings (SSSR count). The topological polar surface area (TPSA) is 43.1 Å². The first-order valence-electron chi connectivity index (χ1n) is 7.81. The number of nitrogens with two attached hydrogens (primary N) is 1. The van der Waals surface area contributed by atoms with E-state index in [1.807, 2.05) is 60.7 Å². The van der Waals surface area contributed by atoms with Crippen LogP contribution in [-0.2, 0) is 12.8 Å². The van der Waals surface area contributed by atoms with E-state index in [0.717, 1.165) is 28.5 Å². The SMILES string of the molecule is Nc1c(Cl)cc(C=O)c(Cc2ccccc2)c1Cc1ccccc1. The van der Waals surface area contributed by atoms with Crippen LogP contribution in [0.2, 0.25) is 5.02 Å². The zero-order valence-electron chi connectivity index (χ0n) is 13.2. The van der Waals surface area contributed by atoms with Gasteiger partial charge in [0.25, 0.3) is 0 Å². The van der Waals surface area contributed by atoms with Crippen LogP contribution in [0.4, 0.5) is 5.69 Å². The summed E-state index contributed by atoms with van der Waals surface area (Å²) in [5.74, 6) is 0. The monoisotopic (exact) mass is 335 g/mol. The number of rotatable bonds is 5. The molecule has 0 saturated carbocycles. The quantitative estimate of drug-likeness (QED) is 0.531. The molecule has 2 N–H and O–H groups in total. The predicted octanol–water partition coefficient (Wildman–Crippen LogP) is 4.92. The fourth-order valence-corrected chi connectivity index (χ4v) is 3.13. The minimum atomic E-state index is 0.430. The van der Waals surface area contributed by atoms with Crippen molar-refractivity contribution in [1.29, 1.82) is 0 Å². The molecule has 0 spiro atoms. The van der Waals surface area contributed by atoms with E-state index in [0.29, 0.717) is 29.1 Å². The lowest BCUT2D eigenvalue weighted by Crippen LogP contribution is -2.07. The Balaban J connectivity index is 2.10. The summed E-state index contributed by atoms with van der Waals surface area (Å²) < 4.78 is 0. The second kappa shape index (κ2) is 7.33. The molecule has 24 heavy (non-hydrogen) atoms. The third-order valence-electron chi connectivity index (χ3n) is 4.15. The maximum atomic E-state index is 11.6. The molecule has 0 amide bonds. The summed E-state index contributed by atoms with van der Waals surface area (Å²) in [5.41, 5.74) is 11.6. The van der Waals surface area contributed by atoms with Gasteiger partial charge in [-0.2, -0.15) is 0 Å². The van der Waals surface area contributed by atoms with Gasteiger partial charge in [0.2, 0.25) is 0 Å². The molecule has 0 atom stereocenters. The van der Waals surface area contributed by atoms with E-state index >= 15 is 0 Å². The maximum absolute atomic E-state index is 11.6. The van der Waals surface area contributed by atoms with Crippen molar-refractivity contribution in [2.45, 2.75) is 12.8 Å². The number of carbonyl (C=O) groups is 1. The van der Waals surface area contributed by atoms with E-state index < -0.39 is 0 Å². The van der Waals surface area contributed by atoms with Gasteiger partial charge in [0, 0.05) is 5.56 Å². The molecule has 3 heteroatoms. The molecule has 0 radical (unpaired) electrons. The Hall–Kier alpha value is -2.58. The van der Waals surface area contributed by atoms with Crippen LogP contribution in [-0.4, -0.2) is 6.29 Å². The van der Waals surface area contributed by atoms with Crippen LogP contribution in [0, 0.1) is 0 Å². The molecule has 0 aromatic heterocycles. The lowest BCUT2D eigenvalue weighted by molar-refractivity contribution is 0.112. The summed E-state index contributed by atoms with van der Waals surface area (Å²) in [5, 5.41) is 0.430. The Kier molecular flexibility index (Phi) is 4.97. The van der Waals surface area contributed by atoms with E-state index in [2.05, 4.69) is 0 Å². The summed E-state index contributed by atoms with van der Waals surface area (Å²) >= 11 is 6.26. The Morgan fingerprint density at radius 3 is 1.83 bits per heavy atom. The van der Waals surface area contributed by atoms with Crippen molar-refractivity contribution < 1.29 is 4.79 Å². The molecule has 0 unspecified atom stereocenters. The number of hydrogen-bond acceptors (Lipinski definition) is 2. The fourth-order valence-electron chi connectivity index (χ4n) is 2.90. The van der Waals surface area contributed by atoms with Gasteiger partial charge in [-0.15, -0.1) is 0 Å². The highest BCUT2D eigenvalue weighted by molar-refractivity contribution is 6.33. The van der Waals surface area contributed by atoms with Gasteiger partial charge in [0.15, 0.2) is 0 Å². The number of halogens is 1. The average molecular weight is 336 g/mol. The summed E-state index contributed by atoms with van der Waals surface area (Å²) in [6.45, 7) is 0. The van der Waals surface area contributed by atoms with Gasteiger partial charge < -0.3 is 5.73 Å². The van der Waals surface area contributed by atoms with E-state index in [1.54, 1.807) is 6.07 Å². The number of aldehydes is 1.